The van der Waals surface area contributed by atoms with Crippen molar-refractivity contribution >= 4 is 17.4 Å². The Morgan fingerprint density at radius 1 is 1.18 bits per heavy atom. The monoisotopic (exact) mass is 379 g/mol. The van der Waals surface area contributed by atoms with Crippen molar-refractivity contribution in [3.05, 3.63) is 64.7 Å². The molecular weight excluding hydrogens is 350 g/mol. The summed E-state index contributed by atoms with van der Waals surface area (Å²) in [6.45, 7) is 8.65. The second kappa shape index (κ2) is 7.88. The Morgan fingerprint density at radius 3 is 2.57 bits per heavy atom. The van der Waals surface area contributed by atoms with Gasteiger partial charge in [-0.15, -0.1) is 0 Å². The number of fused-ring (bicyclic) bond motifs is 1. The highest BCUT2D eigenvalue weighted by molar-refractivity contribution is 6.11. The molecule has 0 saturated heterocycles. The predicted octanol–water partition coefficient (Wildman–Crippen LogP) is 4.73. The van der Waals surface area contributed by atoms with Gasteiger partial charge in [0, 0.05) is 17.7 Å². The van der Waals surface area contributed by atoms with Crippen molar-refractivity contribution in [2.24, 2.45) is 0 Å². The molecule has 0 spiro atoms. The van der Waals surface area contributed by atoms with E-state index in [0.717, 1.165) is 24.0 Å². The molecule has 0 fully saturated rings. The molecule has 1 aliphatic rings. The number of hydrogen-bond donors (Lipinski definition) is 1. The molecule has 0 saturated carbocycles. The number of para-hydroxylation sites is 1. The first kappa shape index (κ1) is 20.3. The highest BCUT2D eigenvalue weighted by atomic mass is 16.3. The van der Waals surface area contributed by atoms with E-state index >= 15 is 0 Å². The van der Waals surface area contributed by atoms with Crippen LogP contribution >= 0.6 is 0 Å². The fourth-order valence-electron chi connectivity index (χ4n) is 3.84. The molecule has 1 amide bonds. The smallest absolute Gasteiger partial charge is 0.264 e. The van der Waals surface area contributed by atoms with Crippen molar-refractivity contribution in [1.82, 2.24) is 0 Å². The molecule has 4 nitrogen and oxygen atoms in total. The third kappa shape index (κ3) is 3.49. The average molecular weight is 380 g/mol. The van der Waals surface area contributed by atoms with Crippen LogP contribution in [0.1, 0.15) is 73.0 Å². The number of ketones is 1. The Labute approximate surface area is 167 Å². The minimum Gasteiger partial charge on any atom is -0.375 e. The molecule has 0 radical (unpaired) electrons. The van der Waals surface area contributed by atoms with Gasteiger partial charge >= 0.3 is 0 Å². The summed E-state index contributed by atoms with van der Waals surface area (Å²) in [5.41, 5.74) is 1.95. The predicted molar refractivity (Wildman–Crippen MR) is 112 cm³/mol. The summed E-state index contributed by atoms with van der Waals surface area (Å²) >= 11 is 0. The van der Waals surface area contributed by atoms with Crippen LogP contribution in [0.5, 0.6) is 0 Å². The summed E-state index contributed by atoms with van der Waals surface area (Å²) in [6, 6.07) is 13.1. The van der Waals surface area contributed by atoms with E-state index in [-0.39, 0.29) is 12.2 Å². The van der Waals surface area contributed by atoms with Gasteiger partial charge in [0.25, 0.3) is 5.91 Å². The first-order chi connectivity index (χ1) is 13.3. The van der Waals surface area contributed by atoms with E-state index in [1.807, 2.05) is 37.3 Å². The van der Waals surface area contributed by atoms with E-state index in [2.05, 4.69) is 20.8 Å². The maximum absolute atomic E-state index is 13.1. The summed E-state index contributed by atoms with van der Waals surface area (Å²) in [7, 11) is 0. The average Bonchev–Trinajstić information content (AvgIpc) is 2.88. The number of nitrogens with zero attached hydrogens (tertiary/aromatic N) is 1. The normalized spacial score (nSPS) is 18.6. The molecule has 148 valence electrons. The standard InChI is InChI=1S/C24H29NO3/c1-5-6-13-25-21-10-8-7-9-20(21)24(28,23(25)27)15-22(26)19-14-18(16(2)3)12-11-17(19)4/h7-12,14,16,28H,5-6,13,15H2,1-4H3/t24-/m0/s1. The third-order valence-corrected chi connectivity index (χ3v) is 5.62. The molecule has 3 rings (SSSR count). The maximum Gasteiger partial charge on any atom is 0.264 e. The second-order valence-corrected chi connectivity index (χ2v) is 8.02. The largest absolute Gasteiger partial charge is 0.375 e. The van der Waals surface area contributed by atoms with Crippen LogP contribution in [0.3, 0.4) is 0 Å². The van der Waals surface area contributed by atoms with Gasteiger partial charge in [0.15, 0.2) is 11.4 Å². The highest BCUT2D eigenvalue weighted by Crippen LogP contribution is 2.43. The molecule has 28 heavy (non-hydrogen) atoms. The van der Waals surface area contributed by atoms with Gasteiger partial charge in [0.2, 0.25) is 0 Å². The number of aliphatic hydroxyl groups is 1. The highest BCUT2D eigenvalue weighted by Gasteiger charge is 2.50. The number of carbonyl (C=O) groups is 2. The van der Waals surface area contributed by atoms with Crippen molar-refractivity contribution in [3.8, 4) is 0 Å². The minimum absolute atomic E-state index is 0.206. The summed E-state index contributed by atoms with van der Waals surface area (Å²) in [4.78, 5) is 27.9. The third-order valence-electron chi connectivity index (χ3n) is 5.62. The van der Waals surface area contributed by atoms with Crippen LogP contribution in [-0.2, 0) is 10.4 Å². The van der Waals surface area contributed by atoms with Crippen molar-refractivity contribution in [2.45, 2.75) is 58.5 Å². The molecule has 1 aliphatic heterocycles. The van der Waals surface area contributed by atoms with Gasteiger partial charge in [-0.2, -0.15) is 0 Å². The number of rotatable bonds is 7. The molecule has 0 aliphatic carbocycles. The van der Waals surface area contributed by atoms with E-state index in [4.69, 9.17) is 0 Å². The molecule has 1 N–H and O–H groups in total. The molecule has 0 bridgehead atoms. The van der Waals surface area contributed by atoms with Gasteiger partial charge in [-0.25, -0.2) is 0 Å². The van der Waals surface area contributed by atoms with Gasteiger partial charge in [0.1, 0.15) is 0 Å². The molecule has 0 unspecified atom stereocenters. The van der Waals surface area contributed by atoms with Crippen LogP contribution in [0.2, 0.25) is 0 Å². The molecular formula is C24H29NO3. The zero-order valence-corrected chi connectivity index (χ0v) is 17.2. The summed E-state index contributed by atoms with van der Waals surface area (Å²) < 4.78 is 0. The lowest BCUT2D eigenvalue weighted by molar-refractivity contribution is -0.135. The SMILES string of the molecule is CCCCN1C(=O)[C@](O)(CC(=O)c2cc(C(C)C)ccc2C)c2ccccc21. The van der Waals surface area contributed by atoms with Crippen LogP contribution in [-0.4, -0.2) is 23.3 Å². The number of Topliss-reactive ketones (excluding diaryl/α,β-unsaturated/α-hetero) is 1. The van der Waals surface area contributed by atoms with Crippen LogP contribution in [0, 0.1) is 6.92 Å². The van der Waals surface area contributed by atoms with Crippen LogP contribution in [0.4, 0.5) is 5.69 Å². The van der Waals surface area contributed by atoms with Crippen LogP contribution in [0.15, 0.2) is 42.5 Å². The number of anilines is 1. The second-order valence-electron chi connectivity index (χ2n) is 8.02. The van der Waals surface area contributed by atoms with E-state index in [1.54, 1.807) is 17.0 Å². The van der Waals surface area contributed by atoms with Crippen molar-refractivity contribution in [1.29, 1.82) is 0 Å². The van der Waals surface area contributed by atoms with E-state index in [0.29, 0.717) is 29.3 Å². The fraction of sp³-hybridized carbons (Fsp3) is 0.417. The van der Waals surface area contributed by atoms with E-state index in [1.165, 1.54) is 0 Å². The van der Waals surface area contributed by atoms with Gasteiger partial charge in [-0.3, -0.25) is 9.59 Å². The molecule has 1 atom stereocenters. The first-order valence-corrected chi connectivity index (χ1v) is 10.1. The lowest BCUT2D eigenvalue weighted by Gasteiger charge is -2.23. The summed E-state index contributed by atoms with van der Waals surface area (Å²) in [5, 5.41) is 11.4. The Hall–Kier alpha value is -2.46. The number of amides is 1. The molecule has 1 heterocycles. The first-order valence-electron chi connectivity index (χ1n) is 10.1. The summed E-state index contributed by atoms with van der Waals surface area (Å²) in [6.07, 6.45) is 1.55. The Bertz CT molecular complexity index is 902. The summed E-state index contributed by atoms with van der Waals surface area (Å²) in [5.74, 6) is -0.301. The van der Waals surface area contributed by atoms with Gasteiger partial charge in [0.05, 0.1) is 12.1 Å². The Kier molecular flexibility index (Phi) is 5.71. The molecule has 2 aromatic carbocycles. The fourth-order valence-corrected chi connectivity index (χ4v) is 3.84. The minimum atomic E-state index is -1.80. The van der Waals surface area contributed by atoms with Crippen LogP contribution in [0.25, 0.3) is 0 Å². The van der Waals surface area contributed by atoms with E-state index in [9.17, 15) is 14.7 Å². The molecule has 4 heteroatoms. The number of hydrogen-bond acceptors (Lipinski definition) is 3. The van der Waals surface area contributed by atoms with Crippen molar-refractivity contribution < 1.29 is 14.7 Å². The van der Waals surface area contributed by atoms with Gasteiger partial charge in [-0.1, -0.05) is 57.5 Å². The lowest BCUT2D eigenvalue weighted by Crippen LogP contribution is -2.42. The van der Waals surface area contributed by atoms with Gasteiger partial charge in [-0.05, 0) is 42.5 Å². The number of unbranched alkanes of at least 4 members (excludes halogenated alkanes) is 1. The van der Waals surface area contributed by atoms with Crippen LogP contribution < -0.4 is 4.90 Å². The van der Waals surface area contributed by atoms with E-state index < -0.39 is 11.5 Å². The van der Waals surface area contributed by atoms with Gasteiger partial charge < -0.3 is 10.0 Å². The molecule has 0 aromatic heterocycles. The Balaban J connectivity index is 1.96. The quantitative estimate of drug-likeness (QED) is 0.708. The van der Waals surface area contributed by atoms with Crippen molar-refractivity contribution in [2.75, 3.05) is 11.4 Å². The zero-order chi connectivity index (χ0) is 20.5. The number of aryl methyl sites for hydroxylation is 1. The van der Waals surface area contributed by atoms with Crippen molar-refractivity contribution in [3.63, 3.8) is 0 Å². The zero-order valence-electron chi connectivity index (χ0n) is 17.2. The lowest BCUT2D eigenvalue weighted by atomic mass is 9.86. The number of carbonyl (C=O) groups excluding carboxylic acids is 2. The Morgan fingerprint density at radius 2 is 1.89 bits per heavy atom. The molecule has 2 aromatic rings. The number of benzene rings is 2. The topological polar surface area (TPSA) is 57.6 Å². The maximum atomic E-state index is 13.1.